The minimum Gasteiger partial charge on any atom is -0.481 e. The second-order valence-electron chi connectivity index (χ2n) is 17.8. The van der Waals surface area contributed by atoms with Crippen molar-refractivity contribution in [3.63, 3.8) is 0 Å². The Hall–Kier alpha value is -1.28. The molecule has 0 amide bonds. The molecule has 6 aliphatic rings. The van der Waals surface area contributed by atoms with Crippen LogP contribution in [0.1, 0.15) is 113 Å². The van der Waals surface area contributed by atoms with E-state index in [1.807, 2.05) is 0 Å². The molecule has 1 heterocycles. The lowest BCUT2D eigenvalue weighted by Crippen LogP contribution is -2.65. The van der Waals surface area contributed by atoms with Gasteiger partial charge in [-0.15, -0.1) is 0 Å². The van der Waals surface area contributed by atoms with E-state index in [2.05, 4.69) is 54.5 Å². The lowest BCUT2D eigenvalue weighted by Gasteiger charge is -2.71. The predicted octanol–water partition coefficient (Wildman–Crippen LogP) is 5.54. The second-order valence-corrected chi connectivity index (χ2v) is 17.8. The molecule has 0 aromatic heterocycles. The third-order valence-corrected chi connectivity index (χ3v) is 15.2. The number of carbonyl (C=O) groups is 2. The quantitative estimate of drug-likeness (QED) is 0.314. The number of rotatable bonds is 3. The van der Waals surface area contributed by atoms with Gasteiger partial charge in [0.25, 0.3) is 0 Å². The fraction of sp³-hybridized carbons (Fsp3) is 0.889. The van der Waals surface area contributed by atoms with E-state index in [9.17, 15) is 30.0 Å². The second kappa shape index (κ2) is 9.86. The summed E-state index contributed by atoms with van der Waals surface area (Å²) in [5.74, 6) is -0.197. The lowest BCUT2D eigenvalue weighted by atomic mass is 9.33. The van der Waals surface area contributed by atoms with Gasteiger partial charge in [0, 0.05) is 5.92 Å². The number of fused-ring (bicyclic) bond motifs is 7. The highest BCUT2D eigenvalue weighted by atomic mass is 16.5. The van der Waals surface area contributed by atoms with Crippen LogP contribution in [0.15, 0.2) is 11.6 Å². The Morgan fingerprint density at radius 3 is 2.19 bits per heavy atom. The van der Waals surface area contributed by atoms with Crippen molar-refractivity contribution >= 4 is 11.8 Å². The van der Waals surface area contributed by atoms with Gasteiger partial charge in [-0.3, -0.25) is 9.59 Å². The first kappa shape index (κ1) is 31.7. The fourth-order valence-electron chi connectivity index (χ4n) is 12.4. The molecule has 5 fully saturated rings. The highest BCUT2D eigenvalue weighted by Crippen LogP contribution is 2.76. The van der Waals surface area contributed by atoms with Crippen molar-refractivity contribution in [2.75, 3.05) is 6.61 Å². The van der Waals surface area contributed by atoms with Crippen molar-refractivity contribution in [3.05, 3.63) is 11.6 Å². The average molecular weight is 601 g/mol. The van der Waals surface area contributed by atoms with Crippen LogP contribution in [-0.2, 0) is 14.3 Å². The first-order chi connectivity index (χ1) is 19.9. The summed E-state index contributed by atoms with van der Waals surface area (Å²) in [5, 5.41) is 41.5. The molecule has 43 heavy (non-hydrogen) atoms. The van der Waals surface area contributed by atoms with Crippen molar-refractivity contribution < 1.29 is 34.8 Å². The van der Waals surface area contributed by atoms with E-state index in [0.717, 1.165) is 57.8 Å². The zero-order valence-corrected chi connectivity index (χ0v) is 27.5. The molecule has 6 rings (SSSR count). The molecule has 7 heteroatoms. The van der Waals surface area contributed by atoms with E-state index in [0.29, 0.717) is 18.3 Å². The molecule has 4 unspecified atom stereocenters. The summed E-state index contributed by atoms with van der Waals surface area (Å²) in [7, 11) is 0. The Morgan fingerprint density at radius 1 is 0.837 bits per heavy atom. The summed E-state index contributed by atoms with van der Waals surface area (Å²) in [6.07, 6.45) is 6.40. The molecule has 0 aromatic rings. The third-order valence-electron chi connectivity index (χ3n) is 15.2. The van der Waals surface area contributed by atoms with E-state index in [4.69, 9.17) is 4.74 Å². The number of aliphatic hydroxyl groups is 3. The topological polar surface area (TPSA) is 124 Å². The molecule has 4 N–H and O–H groups in total. The Balaban J connectivity index is 1.32. The minimum absolute atomic E-state index is 0.0211. The monoisotopic (exact) mass is 600 g/mol. The van der Waals surface area contributed by atoms with Gasteiger partial charge in [0.15, 0.2) is 5.78 Å². The number of hydrogen-bond donors (Lipinski definition) is 4. The predicted molar refractivity (Wildman–Crippen MR) is 163 cm³/mol. The number of allylic oxidation sites excluding steroid dienone is 2. The zero-order chi connectivity index (χ0) is 31.5. The molecule has 0 aromatic carbocycles. The summed E-state index contributed by atoms with van der Waals surface area (Å²) in [4.78, 5) is 26.9. The molecule has 7 nitrogen and oxygen atoms in total. The van der Waals surface area contributed by atoms with Crippen molar-refractivity contribution in [3.8, 4) is 0 Å². The zero-order valence-electron chi connectivity index (χ0n) is 27.5. The Kier molecular flexibility index (Phi) is 7.27. The number of ether oxygens (including phenoxy) is 1. The normalized spacial score (nSPS) is 52.0. The van der Waals surface area contributed by atoms with Crippen molar-refractivity contribution in [1.29, 1.82) is 0 Å². The molecular weight excluding hydrogens is 544 g/mol. The minimum atomic E-state index is -1.43. The Morgan fingerprint density at radius 2 is 1.51 bits per heavy atom. The SMILES string of the molecule is CC1(C)CC[C@]2(C(=O)O)CC[C@]3(C)C(=CCC4[C@@]5(C)CC[C@H](C(=O)[C@@H]6OC[C@@H](O)C(O)[C@@H]6O)C(C)(C)C5CC[C@]43C)C2C1. The largest absolute Gasteiger partial charge is 0.481 e. The van der Waals surface area contributed by atoms with Crippen LogP contribution < -0.4 is 0 Å². The number of carboxylic acids is 1. The summed E-state index contributed by atoms with van der Waals surface area (Å²) in [6, 6.07) is 0. The van der Waals surface area contributed by atoms with Gasteiger partial charge in [-0.25, -0.2) is 0 Å². The third kappa shape index (κ3) is 4.19. The van der Waals surface area contributed by atoms with Crippen LogP contribution in [0.3, 0.4) is 0 Å². The van der Waals surface area contributed by atoms with Crippen LogP contribution in [0.4, 0.5) is 0 Å². The Labute approximate surface area is 257 Å². The van der Waals surface area contributed by atoms with Gasteiger partial charge in [0.2, 0.25) is 0 Å². The van der Waals surface area contributed by atoms with Crippen LogP contribution in [0.5, 0.6) is 0 Å². The van der Waals surface area contributed by atoms with Crippen LogP contribution in [-0.4, -0.2) is 63.2 Å². The maximum absolute atomic E-state index is 13.9. The van der Waals surface area contributed by atoms with Gasteiger partial charge in [-0.2, -0.15) is 0 Å². The van der Waals surface area contributed by atoms with E-state index in [-0.39, 0.29) is 51.3 Å². The molecule has 0 bridgehead atoms. The maximum atomic E-state index is 13.9. The molecule has 4 saturated carbocycles. The lowest BCUT2D eigenvalue weighted by molar-refractivity contribution is -0.210. The number of aliphatic hydroxyl groups excluding tert-OH is 3. The number of ketones is 1. The number of aliphatic carboxylic acids is 1. The number of Topliss-reactive ketones (excluding diaryl/α,β-unsaturated/α-hetero) is 1. The number of hydrogen-bond acceptors (Lipinski definition) is 6. The van der Waals surface area contributed by atoms with Crippen LogP contribution >= 0.6 is 0 Å². The molecule has 5 aliphatic carbocycles. The smallest absolute Gasteiger partial charge is 0.310 e. The van der Waals surface area contributed by atoms with E-state index in [1.165, 1.54) is 5.57 Å². The fourth-order valence-corrected chi connectivity index (χ4v) is 12.4. The van der Waals surface area contributed by atoms with Crippen LogP contribution in [0.2, 0.25) is 0 Å². The van der Waals surface area contributed by atoms with Gasteiger partial charge in [0.1, 0.15) is 24.4 Å². The van der Waals surface area contributed by atoms with Crippen molar-refractivity contribution in [2.45, 2.75) is 137 Å². The highest BCUT2D eigenvalue weighted by Gasteiger charge is 2.69. The molecule has 0 spiro atoms. The van der Waals surface area contributed by atoms with Crippen LogP contribution in [0.25, 0.3) is 0 Å². The molecule has 0 radical (unpaired) electrons. The van der Waals surface area contributed by atoms with E-state index in [1.54, 1.807) is 0 Å². The molecule has 12 atom stereocenters. The summed E-state index contributed by atoms with van der Waals surface area (Å²) < 4.78 is 5.64. The summed E-state index contributed by atoms with van der Waals surface area (Å²) >= 11 is 0. The standard InChI is InChI=1S/C36H56O7/c1-31(2)14-16-36(30(41)42)17-15-34(6)20(22(36)18-31)8-9-25-33(5)12-10-21(32(3,4)24(33)11-13-35(25,34)7)26(38)29-28(40)27(39)23(37)19-43-29/h8,21-25,27-29,37,39-40H,9-19H2,1-7H3,(H,41,42)/t21-,22?,23-,24?,25?,27?,28+,29+,33+,34-,35-,36+/m1/s1. The first-order valence-electron chi connectivity index (χ1n) is 17.0. The van der Waals surface area contributed by atoms with E-state index < -0.39 is 35.8 Å². The summed E-state index contributed by atoms with van der Waals surface area (Å²) in [5.41, 5.74) is 0.636. The van der Waals surface area contributed by atoms with Gasteiger partial charge in [0.05, 0.1) is 12.0 Å². The summed E-state index contributed by atoms with van der Waals surface area (Å²) in [6.45, 7) is 16.3. The highest BCUT2D eigenvalue weighted by molar-refractivity contribution is 5.87. The molecule has 1 saturated heterocycles. The van der Waals surface area contributed by atoms with Gasteiger partial charge < -0.3 is 25.2 Å². The Bertz CT molecular complexity index is 1210. The average Bonchev–Trinajstić information content (AvgIpc) is 2.91. The number of carbonyl (C=O) groups excluding carboxylic acids is 1. The van der Waals surface area contributed by atoms with Gasteiger partial charge in [-0.1, -0.05) is 60.1 Å². The van der Waals surface area contributed by atoms with Crippen LogP contribution in [0, 0.1) is 56.2 Å². The van der Waals surface area contributed by atoms with E-state index >= 15 is 0 Å². The number of carboxylic acid groups (broad SMARTS) is 1. The van der Waals surface area contributed by atoms with Crippen molar-refractivity contribution in [1.82, 2.24) is 0 Å². The van der Waals surface area contributed by atoms with Gasteiger partial charge >= 0.3 is 5.97 Å². The first-order valence-corrected chi connectivity index (χ1v) is 17.0. The molecule has 1 aliphatic heterocycles. The maximum Gasteiger partial charge on any atom is 0.310 e. The van der Waals surface area contributed by atoms with Crippen molar-refractivity contribution in [2.24, 2.45) is 56.2 Å². The van der Waals surface area contributed by atoms with Gasteiger partial charge in [-0.05, 0) is 109 Å². The molecular formula is C36H56O7. The molecule has 242 valence electrons.